The van der Waals surface area contributed by atoms with Gasteiger partial charge in [0.25, 0.3) is 0 Å². The Hall–Kier alpha value is -2.12. The van der Waals surface area contributed by atoms with Crippen LogP contribution in [0.15, 0.2) is 147 Å². The molecule has 0 unspecified atom stereocenters. The van der Waals surface area contributed by atoms with Crippen molar-refractivity contribution < 1.29 is 20.4 Å². The van der Waals surface area contributed by atoms with Gasteiger partial charge in [0.05, 0.1) is 0 Å². The second-order valence-electron chi connectivity index (χ2n) is 8.86. The van der Waals surface area contributed by atoms with E-state index in [-0.39, 0.29) is 36.3 Å². The van der Waals surface area contributed by atoms with Gasteiger partial charge in [-0.2, -0.15) is 12.8 Å². The van der Waals surface area contributed by atoms with Gasteiger partial charge in [-0.25, -0.2) is 0 Å². The van der Waals surface area contributed by atoms with Gasteiger partial charge in [-0.1, -0.05) is 146 Å². The molecule has 0 N–H and O–H groups in total. The Morgan fingerprint density at radius 2 is 0.725 bits per heavy atom. The first kappa shape index (κ1) is 35.9. The van der Waals surface area contributed by atoms with Gasteiger partial charge in [0.15, 0.2) is 0 Å². The van der Waals surface area contributed by atoms with Crippen molar-refractivity contribution in [3.8, 4) is 0 Å². The van der Waals surface area contributed by atoms with E-state index in [9.17, 15) is 0 Å². The average Bonchev–Trinajstić information content (AvgIpc) is 3.00. The molecule has 3 heteroatoms. The summed E-state index contributed by atoms with van der Waals surface area (Å²) in [6.07, 6.45) is 11.5. The van der Waals surface area contributed by atoms with Crippen LogP contribution in [0.25, 0.3) is 0 Å². The molecule has 0 aliphatic rings. The second-order valence-corrected chi connectivity index (χ2v) is 13.5. The van der Waals surface area contributed by atoms with E-state index in [4.69, 9.17) is 0 Å². The maximum atomic E-state index is 3.60. The molecule has 40 heavy (non-hydrogen) atoms. The van der Waals surface area contributed by atoms with Crippen LogP contribution in [0, 0.1) is 13.8 Å². The van der Waals surface area contributed by atoms with E-state index in [2.05, 4.69) is 148 Å². The molecule has 0 saturated carbocycles. The van der Waals surface area contributed by atoms with Crippen molar-refractivity contribution in [3.63, 3.8) is 0 Å². The molecule has 0 saturated heterocycles. The van der Waals surface area contributed by atoms with E-state index in [1.165, 1.54) is 40.0 Å². The van der Waals surface area contributed by atoms with Crippen molar-refractivity contribution in [1.29, 1.82) is 0 Å². The molecule has 0 heterocycles. The van der Waals surface area contributed by atoms with Crippen molar-refractivity contribution in [2.24, 2.45) is 0 Å². The van der Waals surface area contributed by atoms with Crippen molar-refractivity contribution in [2.45, 2.75) is 32.1 Å². The summed E-state index contributed by atoms with van der Waals surface area (Å²) in [7, 11) is -0.618. The van der Waals surface area contributed by atoms with E-state index >= 15 is 0 Å². The van der Waals surface area contributed by atoms with Crippen molar-refractivity contribution >= 4 is 37.1 Å². The smallest absolute Gasteiger partial charge is 0.343 e. The number of unbranched alkanes of at least 4 members (excludes halogenated alkanes) is 2. The van der Waals surface area contributed by atoms with Crippen molar-refractivity contribution in [2.75, 3.05) is 12.3 Å². The Morgan fingerprint density at radius 3 is 0.900 bits per heavy atom. The van der Waals surface area contributed by atoms with Crippen molar-refractivity contribution in [3.05, 3.63) is 160 Å². The van der Waals surface area contributed by atoms with E-state index in [1.54, 1.807) is 0 Å². The number of hydrogen-bond acceptors (Lipinski definition) is 0. The van der Waals surface area contributed by atoms with Gasteiger partial charge in [-0.05, 0) is 55.8 Å². The molecule has 4 rings (SSSR count). The Labute approximate surface area is 261 Å². The van der Waals surface area contributed by atoms with Crippen LogP contribution in [-0.2, 0) is 20.4 Å². The van der Waals surface area contributed by atoms with Crippen LogP contribution in [0.1, 0.15) is 32.1 Å². The first-order chi connectivity index (χ1) is 19.2. The molecule has 0 aliphatic heterocycles. The average molecular weight is 657 g/mol. The molecular weight excluding hydrogens is 613 g/mol. The van der Waals surface area contributed by atoms with Crippen LogP contribution in [0.4, 0.5) is 0 Å². The zero-order chi connectivity index (χ0) is 28.0. The summed E-state index contributed by atoms with van der Waals surface area (Å²) >= 11 is 0. The maximum absolute atomic E-state index is 3.60. The summed E-state index contributed by atoms with van der Waals surface area (Å²) in [6.45, 7) is 14.2. The SMILES string of the molecule is C=CCC[CH2-].C=CCC[CH2-].[Pd+2].c1ccc(P(CCCP(c2ccccc2)c2ccccc2)c2ccccc2)cc1. The zero-order valence-electron chi connectivity index (χ0n) is 23.7. The normalized spacial score (nSPS) is 9.90. The van der Waals surface area contributed by atoms with E-state index < -0.39 is 0 Å². The molecule has 0 fully saturated rings. The summed E-state index contributed by atoms with van der Waals surface area (Å²) in [5.41, 5.74) is 0. The predicted molar refractivity (Wildman–Crippen MR) is 182 cm³/mol. The van der Waals surface area contributed by atoms with Crippen LogP contribution in [0.3, 0.4) is 0 Å². The fraction of sp³-hybridized carbons (Fsp3) is 0.189. The summed E-state index contributed by atoms with van der Waals surface area (Å²) in [5.74, 6) is 0. The number of rotatable bonds is 12. The van der Waals surface area contributed by atoms with Gasteiger partial charge >= 0.3 is 20.4 Å². The minimum absolute atomic E-state index is 0. The molecule has 212 valence electrons. The summed E-state index contributed by atoms with van der Waals surface area (Å²) in [4.78, 5) is 0. The number of benzene rings is 4. The van der Waals surface area contributed by atoms with Gasteiger partial charge in [0, 0.05) is 0 Å². The molecule has 4 aromatic carbocycles. The van der Waals surface area contributed by atoms with Gasteiger partial charge in [-0.3, -0.25) is 0 Å². The first-order valence-electron chi connectivity index (χ1n) is 13.8. The second kappa shape index (κ2) is 23.6. The number of allylic oxidation sites excluding steroid dienone is 2. The molecule has 0 aliphatic carbocycles. The van der Waals surface area contributed by atoms with E-state index in [1.807, 2.05) is 12.2 Å². The van der Waals surface area contributed by atoms with Crippen LogP contribution < -0.4 is 21.2 Å². The Bertz CT molecular complexity index is 960. The predicted octanol–water partition coefficient (Wildman–Crippen LogP) is 9.21. The maximum Gasteiger partial charge on any atom is 2.00 e. The fourth-order valence-corrected chi connectivity index (χ4v) is 8.88. The standard InChI is InChI=1S/C27H26P2.2C5H9.Pd/c1-5-14-24(15-6-1)28(25-16-7-2-8-17-25)22-13-23-29(26-18-9-3-10-19-26)27-20-11-4-12-21-27;2*1-3-5-4-2;/h1-12,14-21H,13,22-23H2;2*3H,1-2,4-5H2;/q;2*-1;+2. The van der Waals surface area contributed by atoms with Gasteiger partial charge < -0.3 is 13.8 Å². The molecule has 0 amide bonds. The minimum atomic E-state index is -0.309. The van der Waals surface area contributed by atoms with Gasteiger partial charge in [0.2, 0.25) is 0 Å². The molecular formula is C37H44P2Pd. The Balaban J connectivity index is 0.000000628. The number of hydrogen-bond donors (Lipinski definition) is 0. The fourth-order valence-electron chi connectivity index (χ4n) is 3.92. The van der Waals surface area contributed by atoms with Gasteiger partial charge in [-0.15, -0.1) is 13.2 Å². The molecule has 0 atom stereocenters. The largest absolute Gasteiger partial charge is 2.00 e. The molecule has 4 aromatic rings. The topological polar surface area (TPSA) is 0 Å². The Kier molecular flexibility index (Phi) is 21.2. The van der Waals surface area contributed by atoms with E-state index in [0.29, 0.717) is 0 Å². The molecule has 0 bridgehead atoms. The first-order valence-corrected chi connectivity index (χ1v) is 16.9. The molecule has 0 nitrogen and oxygen atoms in total. The van der Waals surface area contributed by atoms with Crippen LogP contribution in [0.2, 0.25) is 0 Å². The third kappa shape index (κ3) is 14.0. The van der Waals surface area contributed by atoms with Gasteiger partial charge in [0.1, 0.15) is 0 Å². The van der Waals surface area contributed by atoms with Crippen molar-refractivity contribution in [1.82, 2.24) is 0 Å². The third-order valence-corrected chi connectivity index (χ3v) is 11.1. The summed E-state index contributed by atoms with van der Waals surface area (Å²) < 4.78 is 0. The van der Waals surface area contributed by atoms with E-state index in [0.717, 1.165) is 25.7 Å². The molecule has 0 radical (unpaired) electrons. The van der Waals surface area contributed by atoms with Crippen LogP contribution in [0.5, 0.6) is 0 Å². The molecule has 0 spiro atoms. The minimum Gasteiger partial charge on any atom is -0.343 e. The monoisotopic (exact) mass is 656 g/mol. The summed E-state index contributed by atoms with van der Waals surface area (Å²) in [5, 5.41) is 5.94. The third-order valence-electron chi connectivity index (χ3n) is 5.85. The van der Waals surface area contributed by atoms with Crippen LogP contribution in [-0.4, -0.2) is 12.3 Å². The quantitative estimate of drug-likeness (QED) is 0.0617. The molecule has 0 aromatic heterocycles. The van der Waals surface area contributed by atoms with Crippen LogP contribution >= 0.6 is 15.8 Å². The zero-order valence-corrected chi connectivity index (χ0v) is 27.0. The summed E-state index contributed by atoms with van der Waals surface area (Å²) in [6, 6.07) is 44.3. The Morgan fingerprint density at radius 1 is 0.475 bits per heavy atom.